The Morgan fingerprint density at radius 2 is 2.26 bits per heavy atom. The van der Waals surface area contributed by atoms with Crippen molar-refractivity contribution in [2.24, 2.45) is 0 Å². The average molecular weight is 412 g/mol. The minimum absolute atomic E-state index is 0.139. The molecule has 0 aromatic heterocycles. The lowest BCUT2D eigenvalue weighted by Crippen LogP contribution is -2.60. The molecule has 9 heteroatoms. The average Bonchev–Trinajstić information content (AvgIpc) is 2.56. The standard InChI is InChI=1S/C14H22BrNO6S/c1-3-4-5-6-12(15)14(8-9-17)13(22-11(2)18)7-10-21-23(19,20)16-14/h8,12-13,16H,3-7,10H2,1-2H3/t12-,13+,14+/m0/s1. The van der Waals surface area contributed by atoms with E-state index in [0.717, 1.165) is 25.3 Å². The van der Waals surface area contributed by atoms with Crippen LogP contribution < -0.4 is 4.72 Å². The van der Waals surface area contributed by atoms with Gasteiger partial charge in [0.25, 0.3) is 0 Å². The molecule has 0 spiro atoms. The van der Waals surface area contributed by atoms with Gasteiger partial charge in [0.2, 0.25) is 0 Å². The smallest absolute Gasteiger partial charge is 0.336 e. The summed E-state index contributed by atoms with van der Waals surface area (Å²) in [5.41, 5.74) is -1.43. The summed E-state index contributed by atoms with van der Waals surface area (Å²) >= 11 is 3.46. The van der Waals surface area contributed by atoms with Gasteiger partial charge in [-0.15, -0.1) is 0 Å². The summed E-state index contributed by atoms with van der Waals surface area (Å²) in [5.74, 6) is 1.08. The maximum atomic E-state index is 12.0. The molecule has 0 amide bonds. The number of rotatable bonds is 7. The van der Waals surface area contributed by atoms with E-state index in [1.54, 1.807) is 5.94 Å². The summed E-state index contributed by atoms with van der Waals surface area (Å²) in [4.78, 5) is 22.0. The van der Waals surface area contributed by atoms with E-state index in [0.29, 0.717) is 6.42 Å². The predicted molar refractivity (Wildman–Crippen MR) is 88.0 cm³/mol. The lowest BCUT2D eigenvalue weighted by Gasteiger charge is -2.38. The van der Waals surface area contributed by atoms with Gasteiger partial charge < -0.3 is 4.74 Å². The van der Waals surface area contributed by atoms with Crippen LogP contribution in [0.4, 0.5) is 0 Å². The van der Waals surface area contributed by atoms with Gasteiger partial charge in [0.05, 0.1) is 6.61 Å². The van der Waals surface area contributed by atoms with Crippen molar-refractivity contribution in [2.45, 2.75) is 62.4 Å². The highest BCUT2D eigenvalue weighted by Gasteiger charge is 2.49. The van der Waals surface area contributed by atoms with Crippen molar-refractivity contribution in [2.75, 3.05) is 6.61 Å². The topological polar surface area (TPSA) is 98.8 Å². The van der Waals surface area contributed by atoms with Crippen LogP contribution in [0.1, 0.15) is 46.0 Å². The zero-order chi connectivity index (χ0) is 17.5. The molecule has 0 aliphatic carbocycles. The summed E-state index contributed by atoms with van der Waals surface area (Å²) in [6.45, 7) is 3.14. The Bertz CT molecular complexity index is 560. The largest absolute Gasteiger partial charge is 0.460 e. The van der Waals surface area contributed by atoms with E-state index >= 15 is 0 Å². The first-order chi connectivity index (χ1) is 10.8. The maximum absolute atomic E-state index is 12.0. The van der Waals surface area contributed by atoms with Gasteiger partial charge in [0.1, 0.15) is 17.6 Å². The molecule has 0 saturated carbocycles. The van der Waals surface area contributed by atoms with E-state index < -0.39 is 32.7 Å². The van der Waals surface area contributed by atoms with E-state index in [4.69, 9.17) is 8.92 Å². The lowest BCUT2D eigenvalue weighted by atomic mass is 9.85. The highest BCUT2D eigenvalue weighted by molar-refractivity contribution is 9.09. The Morgan fingerprint density at radius 1 is 1.57 bits per heavy atom. The quantitative estimate of drug-likeness (QED) is 0.296. The number of ether oxygens (including phenoxy) is 1. The predicted octanol–water partition coefficient (Wildman–Crippen LogP) is 1.64. The second-order valence-electron chi connectivity index (χ2n) is 5.42. The number of nitrogens with one attached hydrogen (secondary N) is 1. The SMILES string of the molecule is CCCCC[C@H](Br)[C@@]1(C=C=O)NS(=O)(=O)OCC[C@H]1OC(C)=O. The molecular weight excluding hydrogens is 390 g/mol. The van der Waals surface area contributed by atoms with Gasteiger partial charge in [-0.2, -0.15) is 13.1 Å². The van der Waals surface area contributed by atoms with Crippen molar-refractivity contribution in [3.05, 3.63) is 6.08 Å². The van der Waals surface area contributed by atoms with Gasteiger partial charge in [-0.25, -0.2) is 4.79 Å². The molecule has 1 saturated heterocycles. The molecule has 0 bridgehead atoms. The summed E-state index contributed by atoms with van der Waals surface area (Å²) in [5, 5.41) is 0. The van der Waals surface area contributed by atoms with Crippen LogP contribution >= 0.6 is 15.9 Å². The van der Waals surface area contributed by atoms with E-state index in [9.17, 15) is 18.0 Å². The molecule has 0 aromatic rings. The molecule has 132 valence electrons. The van der Waals surface area contributed by atoms with Crippen LogP contribution in [0.3, 0.4) is 0 Å². The zero-order valence-electron chi connectivity index (χ0n) is 13.2. The Hall–Kier alpha value is -0.730. The van der Waals surface area contributed by atoms with Crippen LogP contribution in [0.2, 0.25) is 0 Å². The number of carbonyl (C=O) groups is 1. The van der Waals surface area contributed by atoms with Crippen LogP contribution in [0, 0.1) is 0 Å². The van der Waals surface area contributed by atoms with Crippen LogP contribution in [0.25, 0.3) is 0 Å². The minimum Gasteiger partial charge on any atom is -0.460 e. The van der Waals surface area contributed by atoms with E-state index in [-0.39, 0.29) is 13.0 Å². The molecule has 1 aliphatic rings. The molecule has 1 rings (SSSR count). The Kier molecular flexibility index (Phi) is 7.89. The van der Waals surface area contributed by atoms with Crippen molar-refractivity contribution in [3.63, 3.8) is 0 Å². The summed E-state index contributed by atoms with van der Waals surface area (Å²) < 4.78 is 36.4. The third kappa shape index (κ3) is 5.69. The number of esters is 1. The third-order valence-electron chi connectivity index (χ3n) is 3.64. The minimum atomic E-state index is -4.07. The first kappa shape index (κ1) is 20.3. The first-order valence-corrected chi connectivity index (χ1v) is 9.81. The van der Waals surface area contributed by atoms with Gasteiger partial charge in [-0.1, -0.05) is 42.1 Å². The summed E-state index contributed by atoms with van der Waals surface area (Å²) in [6.07, 6.45) is 3.72. The van der Waals surface area contributed by atoms with Crippen molar-refractivity contribution in [1.82, 2.24) is 4.72 Å². The van der Waals surface area contributed by atoms with Crippen molar-refractivity contribution < 1.29 is 26.9 Å². The number of unbranched alkanes of at least 4 members (excludes halogenated alkanes) is 2. The van der Waals surface area contributed by atoms with Crippen molar-refractivity contribution >= 4 is 38.1 Å². The molecule has 1 fully saturated rings. The highest BCUT2D eigenvalue weighted by atomic mass is 79.9. The van der Waals surface area contributed by atoms with Gasteiger partial charge >= 0.3 is 16.3 Å². The van der Waals surface area contributed by atoms with Gasteiger partial charge in [0, 0.05) is 24.2 Å². The normalized spacial score (nSPS) is 28.2. The fraction of sp³-hybridized carbons (Fsp3) is 0.786. The molecular formula is C14H22BrNO6S. The zero-order valence-corrected chi connectivity index (χ0v) is 15.6. The first-order valence-electron chi connectivity index (χ1n) is 7.49. The Morgan fingerprint density at radius 3 is 2.83 bits per heavy atom. The molecule has 0 aromatic carbocycles. The number of hydrogen-bond donors (Lipinski definition) is 1. The molecule has 1 aliphatic heterocycles. The van der Waals surface area contributed by atoms with Gasteiger partial charge in [-0.3, -0.25) is 8.98 Å². The van der Waals surface area contributed by atoms with Crippen molar-refractivity contribution in [3.8, 4) is 0 Å². The Balaban J connectivity index is 3.23. The highest BCUT2D eigenvalue weighted by Crippen LogP contribution is 2.34. The number of carbonyl (C=O) groups excluding carboxylic acids is 2. The molecule has 0 unspecified atom stereocenters. The lowest BCUT2D eigenvalue weighted by molar-refractivity contribution is -0.149. The van der Waals surface area contributed by atoms with Crippen LogP contribution in [-0.2, 0) is 28.8 Å². The van der Waals surface area contributed by atoms with Crippen LogP contribution in [0.5, 0.6) is 0 Å². The summed E-state index contributed by atoms with van der Waals surface area (Å²) in [7, 11) is -4.07. The van der Waals surface area contributed by atoms with Crippen molar-refractivity contribution in [1.29, 1.82) is 0 Å². The number of hydrogen-bond acceptors (Lipinski definition) is 6. The molecule has 23 heavy (non-hydrogen) atoms. The Labute approximate surface area is 145 Å². The maximum Gasteiger partial charge on any atom is 0.336 e. The van der Waals surface area contributed by atoms with Crippen LogP contribution in [-0.4, -0.2) is 43.4 Å². The molecule has 1 N–H and O–H groups in total. The van der Waals surface area contributed by atoms with Gasteiger partial charge in [-0.05, 0) is 6.42 Å². The van der Waals surface area contributed by atoms with E-state index in [2.05, 4.69) is 20.7 Å². The fourth-order valence-corrected chi connectivity index (χ4v) is 4.72. The second kappa shape index (κ2) is 8.94. The molecule has 1 heterocycles. The monoisotopic (exact) mass is 411 g/mol. The second-order valence-corrected chi connectivity index (χ2v) is 7.88. The number of alkyl halides is 1. The number of halogens is 1. The molecule has 7 nitrogen and oxygen atoms in total. The van der Waals surface area contributed by atoms with Gasteiger partial charge in [0.15, 0.2) is 0 Å². The van der Waals surface area contributed by atoms with E-state index in [1.807, 2.05) is 6.92 Å². The third-order valence-corrected chi connectivity index (χ3v) is 5.93. The molecule has 0 radical (unpaired) electrons. The van der Waals surface area contributed by atoms with E-state index in [1.165, 1.54) is 6.92 Å². The van der Waals surface area contributed by atoms with Crippen LogP contribution in [0.15, 0.2) is 6.08 Å². The molecule has 3 atom stereocenters. The summed E-state index contributed by atoms with van der Waals surface area (Å²) in [6, 6.07) is 0. The fourth-order valence-electron chi connectivity index (χ4n) is 2.56.